The smallest absolute Gasteiger partial charge is 0.465 e. The van der Waals surface area contributed by atoms with Gasteiger partial charge in [-0.15, -0.1) is 0 Å². The minimum atomic E-state index is -0.747. The molecule has 1 fully saturated rings. The number of likely N-dealkylation sites (tertiary alicyclic amines) is 1. The molecule has 0 aromatic rings. The molecule has 0 bridgehead atoms. The molecule has 0 spiro atoms. The van der Waals surface area contributed by atoms with E-state index in [4.69, 9.17) is 18.9 Å². The number of nitrogens with zero attached hydrogens (tertiary/aromatic N) is 1. The third-order valence-electron chi connectivity index (χ3n) is 9.66. The van der Waals surface area contributed by atoms with Gasteiger partial charge in [-0.1, -0.05) is 121 Å². The number of ether oxygens (including phenoxy) is 4. The molecule has 0 aromatic carbocycles. The minimum Gasteiger partial charge on any atom is -0.465 e. The van der Waals surface area contributed by atoms with Crippen LogP contribution in [0.15, 0.2) is 36.0 Å². The molecule has 8 heteroatoms. The summed E-state index contributed by atoms with van der Waals surface area (Å²) in [7, 11) is 2.05. The lowest BCUT2D eigenvalue weighted by Crippen LogP contribution is -2.27. The largest absolute Gasteiger partial charge is 0.508 e. The summed E-state index contributed by atoms with van der Waals surface area (Å²) >= 11 is 0. The molecule has 2 atom stereocenters. The summed E-state index contributed by atoms with van der Waals surface area (Å²) in [6.07, 6.45) is 34.8. The van der Waals surface area contributed by atoms with Crippen LogP contribution in [-0.4, -0.2) is 69.6 Å². The van der Waals surface area contributed by atoms with Gasteiger partial charge in [0.05, 0.1) is 12.5 Å². The average Bonchev–Trinajstić information content (AvgIpc) is 3.56. The van der Waals surface area contributed by atoms with Crippen molar-refractivity contribution < 1.29 is 33.3 Å². The zero-order valence-corrected chi connectivity index (χ0v) is 33.9. The van der Waals surface area contributed by atoms with Crippen LogP contribution < -0.4 is 0 Å². The van der Waals surface area contributed by atoms with Crippen LogP contribution in [0.1, 0.15) is 168 Å². The lowest BCUT2D eigenvalue weighted by atomic mass is 10.0. The van der Waals surface area contributed by atoms with E-state index in [-0.39, 0.29) is 25.8 Å². The molecular weight excluding hydrogens is 654 g/mol. The summed E-state index contributed by atoms with van der Waals surface area (Å²) in [5.74, 6) is -0.856. The van der Waals surface area contributed by atoms with E-state index < -0.39 is 18.0 Å². The average molecular weight is 732 g/mol. The Morgan fingerprint density at radius 1 is 0.635 bits per heavy atom. The highest BCUT2D eigenvalue weighted by Crippen LogP contribution is 2.18. The normalized spacial score (nSPS) is 15.8. The monoisotopic (exact) mass is 732 g/mol. The highest BCUT2D eigenvalue weighted by atomic mass is 16.7. The van der Waals surface area contributed by atoms with Gasteiger partial charge in [-0.3, -0.25) is 4.79 Å². The van der Waals surface area contributed by atoms with Gasteiger partial charge in [0.25, 0.3) is 0 Å². The number of carbonyl (C=O) groups is 3. The first kappa shape index (κ1) is 47.4. The molecule has 2 unspecified atom stereocenters. The van der Waals surface area contributed by atoms with Crippen molar-refractivity contribution in [1.29, 1.82) is 0 Å². The molecule has 52 heavy (non-hydrogen) atoms. The lowest BCUT2D eigenvalue weighted by molar-refractivity contribution is -0.148. The number of esters is 2. The van der Waals surface area contributed by atoms with E-state index in [1.165, 1.54) is 57.8 Å². The number of carbonyl (C=O) groups excluding carboxylic acids is 3. The number of rotatable bonds is 33. The molecule has 8 nitrogen and oxygen atoms in total. The third-order valence-corrected chi connectivity index (χ3v) is 9.66. The highest BCUT2D eigenvalue weighted by Gasteiger charge is 2.22. The van der Waals surface area contributed by atoms with E-state index in [0.29, 0.717) is 18.9 Å². The van der Waals surface area contributed by atoms with Crippen molar-refractivity contribution in [2.45, 2.75) is 168 Å². The summed E-state index contributed by atoms with van der Waals surface area (Å²) in [5.41, 5.74) is 1.13. The van der Waals surface area contributed by atoms with Gasteiger partial charge >= 0.3 is 18.1 Å². The van der Waals surface area contributed by atoms with E-state index in [1.807, 2.05) is 0 Å². The predicted molar refractivity (Wildman–Crippen MR) is 213 cm³/mol. The van der Waals surface area contributed by atoms with Crippen LogP contribution >= 0.6 is 0 Å². The maximum Gasteiger partial charge on any atom is 0.508 e. The van der Waals surface area contributed by atoms with Crippen molar-refractivity contribution in [1.82, 2.24) is 4.90 Å². The van der Waals surface area contributed by atoms with Crippen molar-refractivity contribution in [3.05, 3.63) is 36.0 Å². The molecule has 0 radical (unpaired) electrons. The van der Waals surface area contributed by atoms with Gasteiger partial charge in [0.15, 0.2) is 0 Å². The third kappa shape index (κ3) is 28.9. The molecular formula is C44H77NO7. The van der Waals surface area contributed by atoms with Gasteiger partial charge < -0.3 is 23.8 Å². The summed E-state index contributed by atoms with van der Waals surface area (Å²) in [5, 5.41) is 0. The van der Waals surface area contributed by atoms with Gasteiger partial charge in [0, 0.05) is 25.0 Å². The molecule has 0 aliphatic carbocycles. The molecule has 0 amide bonds. The van der Waals surface area contributed by atoms with E-state index in [9.17, 15) is 14.4 Å². The first-order chi connectivity index (χ1) is 25.4. The Balaban J connectivity index is 2.47. The fourth-order valence-corrected chi connectivity index (χ4v) is 6.30. The van der Waals surface area contributed by atoms with E-state index in [2.05, 4.69) is 57.0 Å². The zero-order chi connectivity index (χ0) is 37.9. The second kappa shape index (κ2) is 34.2. The van der Waals surface area contributed by atoms with E-state index >= 15 is 0 Å². The maximum absolute atomic E-state index is 12.9. The van der Waals surface area contributed by atoms with Crippen LogP contribution in [0.4, 0.5) is 4.79 Å². The SMILES string of the molecule is CCCCC/C=C\C/C=C\CCCCCCCC(=O)OCC(COC(=O)/C=C(\CCCC)CCCCCCCC)COC(=O)OCC1CCN(C)C1. The van der Waals surface area contributed by atoms with Crippen molar-refractivity contribution in [2.75, 3.05) is 46.6 Å². The van der Waals surface area contributed by atoms with Gasteiger partial charge in [0.1, 0.15) is 19.8 Å². The van der Waals surface area contributed by atoms with Gasteiger partial charge in [-0.05, 0) is 84.2 Å². The Morgan fingerprint density at radius 3 is 1.87 bits per heavy atom. The van der Waals surface area contributed by atoms with Gasteiger partial charge in [0.2, 0.25) is 0 Å². The molecule has 1 saturated heterocycles. The van der Waals surface area contributed by atoms with Crippen LogP contribution in [0.25, 0.3) is 0 Å². The van der Waals surface area contributed by atoms with Crippen molar-refractivity contribution in [2.24, 2.45) is 11.8 Å². The van der Waals surface area contributed by atoms with E-state index in [0.717, 1.165) is 102 Å². The molecule has 1 rings (SSSR count). The highest BCUT2D eigenvalue weighted by molar-refractivity contribution is 5.82. The van der Waals surface area contributed by atoms with Crippen molar-refractivity contribution in [3.63, 3.8) is 0 Å². The van der Waals surface area contributed by atoms with Gasteiger partial charge in [-0.2, -0.15) is 0 Å². The van der Waals surface area contributed by atoms with E-state index in [1.54, 1.807) is 6.08 Å². The first-order valence-corrected chi connectivity index (χ1v) is 21.2. The van der Waals surface area contributed by atoms with Crippen LogP contribution in [0.5, 0.6) is 0 Å². The van der Waals surface area contributed by atoms with Crippen LogP contribution in [0, 0.1) is 11.8 Å². The van der Waals surface area contributed by atoms with Crippen molar-refractivity contribution in [3.8, 4) is 0 Å². The summed E-state index contributed by atoms with van der Waals surface area (Å²) in [4.78, 5) is 40.0. The molecule has 1 heterocycles. The molecule has 300 valence electrons. The van der Waals surface area contributed by atoms with Crippen LogP contribution in [-0.2, 0) is 28.5 Å². The Labute approximate surface area is 318 Å². The Hall–Kier alpha value is -2.61. The Bertz CT molecular complexity index is 991. The molecule has 0 saturated carbocycles. The fourth-order valence-electron chi connectivity index (χ4n) is 6.30. The predicted octanol–water partition coefficient (Wildman–Crippen LogP) is 11.5. The molecule has 0 aromatic heterocycles. The standard InChI is InChI=1S/C44H77NO7/c1-5-8-11-13-15-16-17-18-19-20-21-22-23-25-27-30-42(46)49-36-41(38-52-44(48)51-35-40-31-32-45(4)34-40)37-50-43(47)33-39(28-10-7-3)29-26-24-14-12-9-6-2/h15-16,18-19,33,40-41H,5-14,17,20-32,34-38H2,1-4H3/b16-15-,19-18-,39-33+. The number of hydrogen-bond acceptors (Lipinski definition) is 8. The minimum absolute atomic E-state index is 0.00885. The van der Waals surface area contributed by atoms with Crippen LogP contribution in [0.2, 0.25) is 0 Å². The summed E-state index contributed by atoms with van der Waals surface area (Å²) in [6, 6.07) is 0. The first-order valence-electron chi connectivity index (χ1n) is 21.2. The number of unbranched alkanes of at least 4 members (excludes halogenated alkanes) is 14. The maximum atomic E-state index is 12.9. The molecule has 1 aliphatic rings. The van der Waals surface area contributed by atoms with Gasteiger partial charge in [-0.25, -0.2) is 9.59 Å². The second-order valence-electron chi connectivity index (χ2n) is 14.9. The molecule has 0 N–H and O–H groups in total. The second-order valence-corrected chi connectivity index (χ2v) is 14.9. The quantitative estimate of drug-likeness (QED) is 0.0217. The van der Waals surface area contributed by atoms with Crippen LogP contribution in [0.3, 0.4) is 0 Å². The summed E-state index contributed by atoms with van der Waals surface area (Å²) in [6.45, 7) is 8.75. The Morgan fingerprint density at radius 2 is 1.19 bits per heavy atom. The fraction of sp³-hybridized carbons (Fsp3) is 0.795. The zero-order valence-electron chi connectivity index (χ0n) is 33.9. The molecule has 1 aliphatic heterocycles. The van der Waals surface area contributed by atoms with Crippen molar-refractivity contribution >= 4 is 18.1 Å². The lowest BCUT2D eigenvalue weighted by Gasteiger charge is -2.18. The number of allylic oxidation sites excluding steroid dienone is 5. The number of hydrogen-bond donors (Lipinski definition) is 0. The topological polar surface area (TPSA) is 91.4 Å². The Kier molecular flexibility index (Phi) is 31.2. The summed E-state index contributed by atoms with van der Waals surface area (Å²) < 4.78 is 21.9.